The van der Waals surface area contributed by atoms with Crippen LogP contribution in [0.15, 0.2) is 41.1 Å². The minimum atomic E-state index is 0.615. The lowest BCUT2D eigenvalue weighted by Gasteiger charge is -2.21. The maximum atomic E-state index is 5.57. The van der Waals surface area contributed by atoms with Gasteiger partial charge < -0.3 is 9.15 Å². The zero-order valence-electron chi connectivity index (χ0n) is 11.7. The first-order valence-corrected chi connectivity index (χ1v) is 7.36. The van der Waals surface area contributed by atoms with E-state index < -0.39 is 0 Å². The van der Waals surface area contributed by atoms with Crippen LogP contribution < -0.4 is 0 Å². The Morgan fingerprint density at radius 2 is 2.10 bits per heavy atom. The van der Waals surface area contributed by atoms with E-state index in [1.54, 1.807) is 12.5 Å². The van der Waals surface area contributed by atoms with Gasteiger partial charge in [0.25, 0.3) is 0 Å². The second-order valence-corrected chi connectivity index (χ2v) is 5.42. The molecule has 4 heterocycles. The van der Waals surface area contributed by atoms with E-state index in [9.17, 15) is 0 Å². The molecule has 3 aromatic heterocycles. The molecule has 1 aliphatic heterocycles. The summed E-state index contributed by atoms with van der Waals surface area (Å²) in [6, 6.07) is 7.75. The zero-order valence-corrected chi connectivity index (χ0v) is 11.7. The summed E-state index contributed by atoms with van der Waals surface area (Å²) in [6.07, 6.45) is 6.59. The summed E-state index contributed by atoms with van der Waals surface area (Å²) in [7, 11) is 0. The third-order valence-corrected chi connectivity index (χ3v) is 4.02. The maximum Gasteiger partial charge on any atom is 0.206 e. The Bertz CT molecular complexity index is 727. The lowest BCUT2D eigenvalue weighted by Crippen LogP contribution is -2.19. The largest absolute Gasteiger partial charge is 0.448 e. The second-order valence-electron chi connectivity index (χ2n) is 5.42. The molecule has 4 rings (SSSR count). The van der Waals surface area contributed by atoms with Crippen LogP contribution in [0.4, 0.5) is 0 Å². The van der Waals surface area contributed by atoms with Gasteiger partial charge in [-0.2, -0.15) is 0 Å². The molecular weight excluding hydrogens is 266 g/mol. The molecule has 0 spiro atoms. The maximum absolute atomic E-state index is 5.57. The van der Waals surface area contributed by atoms with E-state index in [0.717, 1.165) is 55.3 Å². The monoisotopic (exact) mass is 283 g/mol. The fraction of sp³-hybridized carbons (Fsp3) is 0.375. The Kier molecular flexibility index (Phi) is 3.20. The van der Waals surface area contributed by atoms with Gasteiger partial charge in [-0.05, 0) is 37.0 Å². The fourth-order valence-electron chi connectivity index (χ4n) is 2.93. The minimum Gasteiger partial charge on any atom is -0.448 e. The van der Waals surface area contributed by atoms with Crippen LogP contribution >= 0.6 is 0 Å². The molecule has 0 bridgehead atoms. The van der Waals surface area contributed by atoms with Gasteiger partial charge in [-0.3, -0.25) is 0 Å². The van der Waals surface area contributed by atoms with Gasteiger partial charge in [0.2, 0.25) is 5.88 Å². The lowest BCUT2D eigenvalue weighted by atomic mass is 9.96. The minimum absolute atomic E-state index is 0.615. The van der Waals surface area contributed by atoms with E-state index in [0.29, 0.717) is 5.92 Å². The van der Waals surface area contributed by atoms with Crippen molar-refractivity contribution in [2.75, 3.05) is 13.2 Å². The first-order chi connectivity index (χ1) is 10.4. The molecule has 0 N–H and O–H groups in total. The van der Waals surface area contributed by atoms with Gasteiger partial charge in [-0.25, -0.2) is 14.5 Å². The van der Waals surface area contributed by atoms with Gasteiger partial charge in [-0.15, -0.1) is 0 Å². The summed E-state index contributed by atoms with van der Waals surface area (Å²) in [5.41, 5.74) is 1.77. The van der Waals surface area contributed by atoms with Crippen molar-refractivity contribution < 1.29 is 9.15 Å². The number of rotatable bonds is 3. The van der Waals surface area contributed by atoms with Crippen LogP contribution in [0.1, 0.15) is 18.7 Å². The van der Waals surface area contributed by atoms with Crippen molar-refractivity contribution in [3.8, 4) is 5.88 Å². The van der Waals surface area contributed by atoms with E-state index in [2.05, 4.69) is 4.98 Å². The zero-order chi connectivity index (χ0) is 14.1. The summed E-state index contributed by atoms with van der Waals surface area (Å²) < 4.78 is 13.0. The number of nitrogens with zero attached hydrogens (tertiary/aromatic N) is 3. The highest BCUT2D eigenvalue weighted by Crippen LogP contribution is 2.25. The molecule has 1 fully saturated rings. The van der Waals surface area contributed by atoms with Crippen molar-refractivity contribution in [2.24, 2.45) is 5.92 Å². The number of imidazole rings is 1. The molecule has 0 aromatic carbocycles. The molecule has 1 aliphatic rings. The number of pyridine rings is 1. The summed E-state index contributed by atoms with van der Waals surface area (Å²) in [5, 5.41) is 0. The highest BCUT2D eigenvalue weighted by atomic mass is 16.5. The van der Waals surface area contributed by atoms with Gasteiger partial charge in [-0.1, -0.05) is 0 Å². The number of furan rings is 1. The summed E-state index contributed by atoms with van der Waals surface area (Å²) in [5.74, 6) is 2.41. The predicted octanol–water partition coefficient (Wildman–Crippen LogP) is 2.98. The highest BCUT2D eigenvalue weighted by molar-refractivity contribution is 5.73. The molecule has 0 saturated carbocycles. The van der Waals surface area contributed by atoms with Gasteiger partial charge in [0.05, 0.1) is 6.26 Å². The van der Waals surface area contributed by atoms with E-state index in [4.69, 9.17) is 14.1 Å². The Morgan fingerprint density at radius 1 is 1.19 bits per heavy atom. The summed E-state index contributed by atoms with van der Waals surface area (Å²) in [6.45, 7) is 1.70. The van der Waals surface area contributed by atoms with E-state index in [1.807, 2.05) is 28.8 Å². The Morgan fingerprint density at radius 3 is 2.90 bits per heavy atom. The van der Waals surface area contributed by atoms with Crippen LogP contribution in [0.2, 0.25) is 0 Å². The van der Waals surface area contributed by atoms with E-state index >= 15 is 0 Å². The molecule has 1 saturated heterocycles. The average molecular weight is 283 g/mol. The molecule has 0 unspecified atom stereocenters. The number of hydrogen-bond donors (Lipinski definition) is 0. The van der Waals surface area contributed by atoms with Gasteiger partial charge in [0, 0.05) is 31.9 Å². The summed E-state index contributed by atoms with van der Waals surface area (Å²) >= 11 is 0. The Hall–Kier alpha value is -2.14. The molecule has 108 valence electrons. The molecule has 3 aromatic rings. The second kappa shape index (κ2) is 5.33. The van der Waals surface area contributed by atoms with Gasteiger partial charge >= 0.3 is 0 Å². The predicted molar refractivity (Wildman–Crippen MR) is 78.4 cm³/mol. The molecule has 0 amide bonds. The van der Waals surface area contributed by atoms with Crippen LogP contribution in [-0.4, -0.2) is 27.7 Å². The van der Waals surface area contributed by atoms with Crippen LogP contribution in [-0.2, 0) is 11.2 Å². The number of ether oxygens (including phenoxy) is 1. The van der Waals surface area contributed by atoms with Crippen LogP contribution in [0.3, 0.4) is 0 Å². The Balaban J connectivity index is 1.78. The summed E-state index contributed by atoms with van der Waals surface area (Å²) in [4.78, 5) is 9.23. The Labute approximate surface area is 122 Å². The van der Waals surface area contributed by atoms with Crippen molar-refractivity contribution in [1.29, 1.82) is 0 Å². The van der Waals surface area contributed by atoms with Crippen LogP contribution in [0.5, 0.6) is 0 Å². The molecular formula is C16H17N3O2. The SMILES string of the molecule is c1coc(-n2c(CC3CCOCC3)nc3cccnc32)c1. The molecule has 0 radical (unpaired) electrons. The number of hydrogen-bond acceptors (Lipinski definition) is 4. The highest BCUT2D eigenvalue weighted by Gasteiger charge is 2.20. The average Bonchev–Trinajstić information content (AvgIpc) is 3.14. The van der Waals surface area contributed by atoms with Crippen molar-refractivity contribution in [1.82, 2.24) is 14.5 Å². The third-order valence-electron chi connectivity index (χ3n) is 4.02. The topological polar surface area (TPSA) is 53.1 Å². The number of aromatic nitrogens is 3. The normalized spacial score (nSPS) is 16.6. The van der Waals surface area contributed by atoms with E-state index in [-0.39, 0.29) is 0 Å². The van der Waals surface area contributed by atoms with Crippen LogP contribution in [0.25, 0.3) is 17.0 Å². The molecule has 0 atom stereocenters. The lowest BCUT2D eigenvalue weighted by molar-refractivity contribution is 0.0659. The standard InChI is InChI=1S/C16H17N3O2/c1-3-13-16(17-7-1)19(15-4-2-8-21-15)14(18-13)11-12-5-9-20-10-6-12/h1-4,7-8,12H,5-6,9-11H2. The molecule has 21 heavy (non-hydrogen) atoms. The van der Waals surface area contributed by atoms with Crippen molar-refractivity contribution in [2.45, 2.75) is 19.3 Å². The van der Waals surface area contributed by atoms with E-state index in [1.165, 1.54) is 0 Å². The van der Waals surface area contributed by atoms with Crippen molar-refractivity contribution >= 4 is 11.2 Å². The first kappa shape index (κ1) is 12.6. The number of fused-ring (bicyclic) bond motifs is 1. The molecule has 0 aliphatic carbocycles. The molecule has 5 heteroatoms. The van der Waals surface area contributed by atoms with Crippen molar-refractivity contribution in [3.63, 3.8) is 0 Å². The third kappa shape index (κ3) is 2.34. The smallest absolute Gasteiger partial charge is 0.206 e. The van der Waals surface area contributed by atoms with Gasteiger partial charge in [0.1, 0.15) is 11.3 Å². The fourth-order valence-corrected chi connectivity index (χ4v) is 2.93. The van der Waals surface area contributed by atoms with Crippen LogP contribution in [0, 0.1) is 5.92 Å². The van der Waals surface area contributed by atoms with Gasteiger partial charge in [0.15, 0.2) is 5.65 Å². The van der Waals surface area contributed by atoms with Crippen molar-refractivity contribution in [3.05, 3.63) is 42.5 Å². The quantitative estimate of drug-likeness (QED) is 0.741. The first-order valence-electron chi connectivity index (χ1n) is 7.36. The molecule has 5 nitrogen and oxygen atoms in total.